The fourth-order valence-electron chi connectivity index (χ4n) is 2.55. The smallest absolute Gasteiger partial charge is 0.203 e. The molecule has 152 valence electrons. The Bertz CT molecular complexity index is 1020. The van der Waals surface area contributed by atoms with E-state index in [1.807, 2.05) is 30.5 Å². The lowest BCUT2D eigenvalue weighted by Crippen LogP contribution is -1.95. The number of nitrogens with zero attached hydrogens (tertiary/aromatic N) is 2. The third-order valence-electron chi connectivity index (χ3n) is 3.91. The monoisotopic (exact) mass is 433 g/mol. The van der Waals surface area contributed by atoms with Crippen molar-refractivity contribution in [2.24, 2.45) is 5.10 Å². The summed E-state index contributed by atoms with van der Waals surface area (Å²) in [4.78, 5) is 4.54. The minimum absolute atomic E-state index is 0.0865. The number of hydrogen-bond acceptors (Lipinski definition) is 8. The van der Waals surface area contributed by atoms with Crippen LogP contribution in [-0.2, 0) is 0 Å². The molecular formula is C20H20ClN3O4S. The number of hydrogen-bond donors (Lipinski definition) is 2. The van der Waals surface area contributed by atoms with Crippen molar-refractivity contribution in [1.82, 2.24) is 4.98 Å². The molecule has 0 spiro atoms. The number of ether oxygens (including phenoxy) is 3. The molecule has 0 unspecified atom stereocenters. The van der Waals surface area contributed by atoms with E-state index in [0.717, 1.165) is 11.3 Å². The number of phenolic OH excluding ortho intramolecular Hbond substituents is 1. The Labute approximate surface area is 177 Å². The van der Waals surface area contributed by atoms with Gasteiger partial charge in [-0.05, 0) is 36.8 Å². The van der Waals surface area contributed by atoms with E-state index in [4.69, 9.17) is 25.8 Å². The summed E-state index contributed by atoms with van der Waals surface area (Å²) in [5, 5.41) is 16.8. The van der Waals surface area contributed by atoms with Gasteiger partial charge in [-0.25, -0.2) is 4.98 Å². The van der Waals surface area contributed by atoms with Crippen molar-refractivity contribution in [2.75, 3.05) is 26.3 Å². The van der Waals surface area contributed by atoms with Crippen LogP contribution in [0.15, 0.2) is 40.8 Å². The highest BCUT2D eigenvalue weighted by Gasteiger charge is 2.11. The summed E-state index contributed by atoms with van der Waals surface area (Å²) in [6.45, 7) is 2.24. The number of hydrazone groups is 1. The average molecular weight is 434 g/mol. The summed E-state index contributed by atoms with van der Waals surface area (Å²) in [5.74, 6) is 1.61. The van der Waals surface area contributed by atoms with Gasteiger partial charge in [0.05, 0.1) is 37.8 Å². The molecule has 0 atom stereocenters. The molecule has 0 saturated carbocycles. The highest BCUT2D eigenvalue weighted by Crippen LogP contribution is 2.36. The van der Waals surface area contributed by atoms with Gasteiger partial charge < -0.3 is 19.3 Å². The predicted octanol–water partition coefficient (Wildman–Crippen LogP) is 5.03. The van der Waals surface area contributed by atoms with Gasteiger partial charge in [-0.1, -0.05) is 11.6 Å². The van der Waals surface area contributed by atoms with Crippen molar-refractivity contribution in [1.29, 1.82) is 0 Å². The Morgan fingerprint density at radius 2 is 2.03 bits per heavy atom. The van der Waals surface area contributed by atoms with Crippen LogP contribution in [-0.4, -0.2) is 37.1 Å². The van der Waals surface area contributed by atoms with E-state index in [2.05, 4.69) is 15.5 Å². The zero-order chi connectivity index (χ0) is 20.8. The summed E-state index contributed by atoms with van der Waals surface area (Å²) in [5.41, 5.74) is 5.19. The van der Waals surface area contributed by atoms with Crippen LogP contribution in [0, 0.1) is 0 Å². The fourth-order valence-corrected chi connectivity index (χ4v) is 3.43. The molecule has 9 heteroatoms. The molecule has 7 nitrogen and oxygen atoms in total. The van der Waals surface area contributed by atoms with Crippen LogP contribution in [0.1, 0.15) is 12.5 Å². The maximum Gasteiger partial charge on any atom is 0.203 e. The molecule has 0 radical (unpaired) electrons. The van der Waals surface area contributed by atoms with E-state index >= 15 is 0 Å². The van der Waals surface area contributed by atoms with E-state index < -0.39 is 0 Å². The van der Waals surface area contributed by atoms with Crippen LogP contribution in [0.5, 0.6) is 23.0 Å². The van der Waals surface area contributed by atoms with Crippen molar-refractivity contribution in [2.45, 2.75) is 6.92 Å². The largest absolute Gasteiger partial charge is 0.503 e. The number of phenols is 1. The number of methoxy groups -OCH3 is 2. The lowest BCUT2D eigenvalue weighted by atomic mass is 10.1. The molecule has 3 rings (SSSR count). The number of nitrogens with one attached hydrogen (secondary N) is 1. The van der Waals surface area contributed by atoms with E-state index in [1.54, 1.807) is 32.6 Å². The number of benzene rings is 2. The average Bonchev–Trinajstić information content (AvgIpc) is 3.20. The Kier molecular flexibility index (Phi) is 6.79. The number of aromatic nitrogens is 1. The van der Waals surface area contributed by atoms with Gasteiger partial charge in [0.2, 0.25) is 5.13 Å². The zero-order valence-electron chi connectivity index (χ0n) is 16.1. The first-order valence-corrected chi connectivity index (χ1v) is 9.93. The number of halogens is 1. The van der Waals surface area contributed by atoms with Gasteiger partial charge in [0.1, 0.15) is 11.5 Å². The van der Waals surface area contributed by atoms with E-state index in [1.165, 1.54) is 11.3 Å². The fraction of sp³-hybridized carbons (Fsp3) is 0.200. The second-order valence-electron chi connectivity index (χ2n) is 5.76. The van der Waals surface area contributed by atoms with Crippen LogP contribution in [0.3, 0.4) is 0 Å². The third kappa shape index (κ3) is 4.90. The second kappa shape index (κ2) is 9.49. The van der Waals surface area contributed by atoms with E-state index in [9.17, 15) is 5.11 Å². The molecule has 29 heavy (non-hydrogen) atoms. The van der Waals surface area contributed by atoms with Crippen LogP contribution >= 0.6 is 22.9 Å². The summed E-state index contributed by atoms with van der Waals surface area (Å²) in [6, 6.07) is 8.82. The lowest BCUT2D eigenvalue weighted by molar-refractivity contribution is 0.318. The molecule has 1 aromatic heterocycles. The molecule has 2 aromatic carbocycles. The molecule has 0 aliphatic carbocycles. The number of rotatable bonds is 8. The Morgan fingerprint density at radius 3 is 2.76 bits per heavy atom. The van der Waals surface area contributed by atoms with Gasteiger partial charge in [-0.3, -0.25) is 5.43 Å². The maximum absolute atomic E-state index is 9.90. The van der Waals surface area contributed by atoms with Gasteiger partial charge in [0.25, 0.3) is 0 Å². The predicted molar refractivity (Wildman–Crippen MR) is 116 cm³/mol. The molecule has 2 N–H and O–H groups in total. The van der Waals surface area contributed by atoms with Gasteiger partial charge in [0, 0.05) is 17.0 Å². The standard InChI is InChI=1S/C20H20ClN3O4S/c1-4-28-18-8-12(7-15(21)19(18)25)10-22-24-20-23-16(11-29-20)14-6-5-13(26-2)9-17(14)27-3/h5-11,25H,4H2,1-3H3,(H,23,24)/b22-10-. The molecule has 1 heterocycles. The third-order valence-corrected chi connectivity index (χ3v) is 4.95. The molecule has 0 amide bonds. The molecule has 0 bridgehead atoms. The van der Waals surface area contributed by atoms with Gasteiger partial charge in [-0.15, -0.1) is 11.3 Å². The van der Waals surface area contributed by atoms with Crippen molar-refractivity contribution in [3.8, 4) is 34.3 Å². The topological polar surface area (TPSA) is 85.2 Å². The van der Waals surface area contributed by atoms with Crippen molar-refractivity contribution >= 4 is 34.3 Å². The minimum Gasteiger partial charge on any atom is -0.503 e. The molecule has 3 aromatic rings. The summed E-state index contributed by atoms with van der Waals surface area (Å²) >= 11 is 7.44. The molecular weight excluding hydrogens is 414 g/mol. The van der Waals surface area contributed by atoms with Crippen molar-refractivity contribution in [3.05, 3.63) is 46.3 Å². The van der Waals surface area contributed by atoms with Crippen LogP contribution in [0.25, 0.3) is 11.3 Å². The molecule has 0 fully saturated rings. The van der Waals surface area contributed by atoms with Crippen LogP contribution in [0.4, 0.5) is 5.13 Å². The first kappa shape index (κ1) is 20.8. The first-order chi connectivity index (χ1) is 14.0. The van der Waals surface area contributed by atoms with E-state index in [0.29, 0.717) is 34.6 Å². The highest BCUT2D eigenvalue weighted by molar-refractivity contribution is 7.14. The number of aromatic hydroxyl groups is 1. The normalized spacial score (nSPS) is 10.9. The number of thiazole rings is 1. The quantitative estimate of drug-likeness (QED) is 0.382. The molecule has 0 saturated heterocycles. The summed E-state index contributed by atoms with van der Waals surface area (Å²) in [7, 11) is 3.21. The molecule has 0 aliphatic heterocycles. The van der Waals surface area contributed by atoms with Gasteiger partial charge in [-0.2, -0.15) is 5.10 Å². The Hall–Kier alpha value is -2.97. The SMILES string of the molecule is CCOc1cc(/C=N\Nc2nc(-c3ccc(OC)cc3OC)cs2)cc(Cl)c1O. The van der Waals surface area contributed by atoms with Crippen molar-refractivity contribution < 1.29 is 19.3 Å². The first-order valence-electron chi connectivity index (χ1n) is 8.68. The maximum atomic E-state index is 9.90. The number of anilines is 1. The van der Waals surface area contributed by atoms with Crippen LogP contribution < -0.4 is 19.6 Å². The Balaban J connectivity index is 1.75. The van der Waals surface area contributed by atoms with Crippen molar-refractivity contribution in [3.63, 3.8) is 0 Å². The highest BCUT2D eigenvalue weighted by atomic mass is 35.5. The van der Waals surface area contributed by atoms with Gasteiger partial charge in [0.15, 0.2) is 11.5 Å². The minimum atomic E-state index is -0.0865. The summed E-state index contributed by atoms with van der Waals surface area (Å²) in [6.07, 6.45) is 1.57. The van der Waals surface area contributed by atoms with Crippen LogP contribution in [0.2, 0.25) is 5.02 Å². The summed E-state index contributed by atoms with van der Waals surface area (Å²) < 4.78 is 16.0. The Morgan fingerprint density at radius 1 is 1.21 bits per heavy atom. The second-order valence-corrected chi connectivity index (χ2v) is 7.02. The lowest BCUT2D eigenvalue weighted by Gasteiger charge is -2.08. The zero-order valence-corrected chi connectivity index (χ0v) is 17.7. The van der Waals surface area contributed by atoms with E-state index in [-0.39, 0.29) is 10.8 Å². The molecule has 0 aliphatic rings. The van der Waals surface area contributed by atoms with Gasteiger partial charge >= 0.3 is 0 Å².